The van der Waals surface area contributed by atoms with Gasteiger partial charge in [-0.15, -0.1) is 0 Å². The van der Waals surface area contributed by atoms with Gasteiger partial charge < -0.3 is 14.8 Å². The third-order valence-electron chi connectivity index (χ3n) is 3.63. The summed E-state index contributed by atoms with van der Waals surface area (Å²) in [6.07, 6.45) is 4.22. The maximum absolute atomic E-state index is 12.2. The maximum Gasteiger partial charge on any atom is 0.244 e. The summed E-state index contributed by atoms with van der Waals surface area (Å²) in [5, 5.41) is 7.45. The molecule has 1 atom stereocenters. The van der Waals surface area contributed by atoms with Crippen molar-refractivity contribution in [2.24, 2.45) is 0 Å². The maximum atomic E-state index is 12.2. The van der Waals surface area contributed by atoms with E-state index in [0.29, 0.717) is 36.3 Å². The summed E-state index contributed by atoms with van der Waals surface area (Å²) in [4.78, 5) is 12.2. The van der Waals surface area contributed by atoms with Crippen molar-refractivity contribution in [1.82, 2.24) is 15.1 Å². The predicted octanol–water partition coefficient (Wildman–Crippen LogP) is 2.58. The quantitative estimate of drug-likeness (QED) is 0.932. The Morgan fingerprint density at radius 3 is 3.04 bits per heavy atom. The molecule has 1 amide bonds. The number of halogens is 1. The van der Waals surface area contributed by atoms with E-state index < -0.39 is 0 Å². The highest BCUT2D eigenvalue weighted by atomic mass is 35.5. The summed E-state index contributed by atoms with van der Waals surface area (Å²) in [6, 6.07) is 5.05. The van der Waals surface area contributed by atoms with Crippen molar-refractivity contribution in [2.75, 3.05) is 13.2 Å². The number of benzene rings is 1. The molecule has 7 heteroatoms. The Bertz CT molecular complexity index is 688. The van der Waals surface area contributed by atoms with Gasteiger partial charge in [-0.05, 0) is 30.7 Å². The minimum absolute atomic E-state index is 0.114. The molecule has 23 heavy (non-hydrogen) atoms. The fraction of sp³-hybridized carbons (Fsp3) is 0.375. The molecule has 0 spiro atoms. The predicted molar refractivity (Wildman–Crippen MR) is 85.8 cm³/mol. The Balaban J connectivity index is 1.67. The summed E-state index contributed by atoms with van der Waals surface area (Å²) in [6.45, 7) is 3.34. The van der Waals surface area contributed by atoms with Gasteiger partial charge in [0.2, 0.25) is 5.91 Å². The lowest BCUT2D eigenvalue weighted by atomic mass is 10.2. The lowest BCUT2D eigenvalue weighted by molar-refractivity contribution is -0.124. The Hall–Kier alpha value is -2.21. The van der Waals surface area contributed by atoms with E-state index in [1.807, 2.05) is 6.07 Å². The lowest BCUT2D eigenvalue weighted by Crippen LogP contribution is -2.30. The van der Waals surface area contributed by atoms with E-state index >= 15 is 0 Å². The third kappa shape index (κ3) is 3.59. The molecule has 1 aliphatic rings. The van der Waals surface area contributed by atoms with Crippen LogP contribution in [0, 0.1) is 0 Å². The molecule has 2 heterocycles. The van der Waals surface area contributed by atoms with Crippen LogP contribution < -0.4 is 14.8 Å². The highest BCUT2D eigenvalue weighted by Crippen LogP contribution is 2.37. The highest BCUT2D eigenvalue weighted by Gasteiger charge is 2.17. The molecular formula is C16H18ClN3O3. The van der Waals surface area contributed by atoms with Crippen molar-refractivity contribution >= 4 is 17.5 Å². The normalized spacial score (nSPS) is 14.9. The zero-order chi connectivity index (χ0) is 16.2. The van der Waals surface area contributed by atoms with Gasteiger partial charge >= 0.3 is 0 Å². The number of aromatic nitrogens is 2. The van der Waals surface area contributed by atoms with Crippen molar-refractivity contribution in [3.8, 4) is 11.5 Å². The number of hydrogen-bond donors (Lipinski definition) is 1. The van der Waals surface area contributed by atoms with Crippen molar-refractivity contribution < 1.29 is 14.3 Å². The molecule has 0 bridgehead atoms. The molecule has 0 saturated heterocycles. The molecule has 0 radical (unpaired) electrons. The van der Waals surface area contributed by atoms with Crippen molar-refractivity contribution in [1.29, 1.82) is 0 Å². The molecule has 1 aromatic carbocycles. The molecule has 1 N–H and O–H groups in total. The van der Waals surface area contributed by atoms with E-state index in [2.05, 4.69) is 10.4 Å². The number of ether oxygens (including phenoxy) is 2. The van der Waals surface area contributed by atoms with E-state index in [9.17, 15) is 4.79 Å². The summed E-state index contributed by atoms with van der Waals surface area (Å²) in [5.41, 5.74) is 0.861. The molecule has 0 aliphatic carbocycles. The average Bonchev–Trinajstić information content (AvgIpc) is 2.97. The van der Waals surface area contributed by atoms with Gasteiger partial charge in [0.15, 0.2) is 11.5 Å². The number of rotatable bonds is 4. The molecule has 2 aromatic rings. The van der Waals surface area contributed by atoms with Gasteiger partial charge in [0.1, 0.15) is 6.04 Å². The van der Waals surface area contributed by atoms with Gasteiger partial charge in [-0.2, -0.15) is 5.10 Å². The monoisotopic (exact) mass is 335 g/mol. The van der Waals surface area contributed by atoms with E-state index in [-0.39, 0.29) is 11.9 Å². The van der Waals surface area contributed by atoms with E-state index in [4.69, 9.17) is 21.1 Å². The van der Waals surface area contributed by atoms with Gasteiger partial charge in [0.05, 0.1) is 18.2 Å². The molecule has 1 aliphatic heterocycles. The molecule has 0 unspecified atom stereocenters. The Morgan fingerprint density at radius 2 is 2.26 bits per heavy atom. The van der Waals surface area contributed by atoms with Crippen LogP contribution in [0.15, 0.2) is 30.6 Å². The standard InChI is InChI=1S/C16H18ClN3O3/c1-11(20-5-2-4-19-20)16(21)18-10-12-8-13(17)15-14(9-12)22-6-3-7-23-15/h2,4-5,8-9,11H,3,6-7,10H2,1H3,(H,18,21)/t11-/m0/s1. The fourth-order valence-corrected chi connectivity index (χ4v) is 2.64. The Kier molecular flexibility index (Phi) is 4.71. The summed E-state index contributed by atoms with van der Waals surface area (Å²) >= 11 is 6.25. The van der Waals surface area contributed by atoms with Crippen molar-refractivity contribution in [2.45, 2.75) is 25.9 Å². The molecule has 0 saturated carbocycles. The highest BCUT2D eigenvalue weighted by molar-refractivity contribution is 6.32. The summed E-state index contributed by atoms with van der Waals surface area (Å²) in [5.74, 6) is 1.08. The third-order valence-corrected chi connectivity index (χ3v) is 3.91. The number of carbonyl (C=O) groups is 1. The smallest absolute Gasteiger partial charge is 0.244 e. The number of fused-ring (bicyclic) bond motifs is 1. The van der Waals surface area contributed by atoms with Gasteiger partial charge in [-0.3, -0.25) is 9.48 Å². The van der Waals surface area contributed by atoms with Crippen LogP contribution in [0.5, 0.6) is 11.5 Å². The molecule has 1 aromatic heterocycles. The zero-order valence-electron chi connectivity index (χ0n) is 12.8. The number of nitrogens with zero attached hydrogens (tertiary/aromatic N) is 2. The average molecular weight is 336 g/mol. The Morgan fingerprint density at radius 1 is 1.43 bits per heavy atom. The molecular weight excluding hydrogens is 318 g/mol. The van der Waals surface area contributed by atoms with Gasteiger partial charge in [-0.1, -0.05) is 11.6 Å². The van der Waals surface area contributed by atoms with E-state index in [0.717, 1.165) is 12.0 Å². The van der Waals surface area contributed by atoms with Crippen molar-refractivity contribution in [3.05, 3.63) is 41.2 Å². The summed E-state index contributed by atoms with van der Waals surface area (Å²) in [7, 11) is 0. The van der Waals surface area contributed by atoms with Gasteiger partial charge in [0, 0.05) is 25.4 Å². The second kappa shape index (κ2) is 6.91. The number of hydrogen-bond acceptors (Lipinski definition) is 4. The first-order valence-corrected chi connectivity index (χ1v) is 7.88. The van der Waals surface area contributed by atoms with Crippen LogP contribution in [-0.2, 0) is 11.3 Å². The van der Waals surface area contributed by atoms with Crippen LogP contribution in [0.3, 0.4) is 0 Å². The van der Waals surface area contributed by atoms with Gasteiger partial charge in [-0.25, -0.2) is 0 Å². The number of nitrogens with one attached hydrogen (secondary N) is 1. The largest absolute Gasteiger partial charge is 0.489 e. The van der Waals surface area contributed by atoms with Crippen molar-refractivity contribution in [3.63, 3.8) is 0 Å². The van der Waals surface area contributed by atoms with Crippen LogP contribution in [0.2, 0.25) is 5.02 Å². The SMILES string of the molecule is C[C@@H](C(=O)NCc1cc(Cl)c2c(c1)OCCCO2)n1cccn1. The van der Waals surface area contributed by atoms with Crippen LogP contribution in [0.1, 0.15) is 24.9 Å². The Labute approximate surface area is 139 Å². The minimum atomic E-state index is -0.374. The van der Waals surface area contributed by atoms with E-state index in [1.165, 1.54) is 0 Å². The van der Waals surface area contributed by atoms with Crippen LogP contribution in [-0.4, -0.2) is 28.9 Å². The molecule has 6 nitrogen and oxygen atoms in total. The topological polar surface area (TPSA) is 65.4 Å². The second-order valence-electron chi connectivity index (χ2n) is 5.34. The zero-order valence-corrected chi connectivity index (χ0v) is 13.5. The van der Waals surface area contributed by atoms with Crippen LogP contribution >= 0.6 is 11.6 Å². The number of carbonyl (C=O) groups excluding carboxylic acids is 1. The molecule has 122 valence electrons. The molecule has 3 rings (SSSR count). The van der Waals surface area contributed by atoms with Gasteiger partial charge in [0.25, 0.3) is 0 Å². The first-order chi connectivity index (χ1) is 11.1. The van der Waals surface area contributed by atoms with E-state index in [1.54, 1.807) is 36.1 Å². The molecule has 0 fully saturated rings. The van der Waals surface area contributed by atoms with Crippen LogP contribution in [0.4, 0.5) is 0 Å². The van der Waals surface area contributed by atoms with Crippen LogP contribution in [0.25, 0.3) is 0 Å². The first kappa shape index (κ1) is 15.7. The fourth-order valence-electron chi connectivity index (χ4n) is 2.35. The second-order valence-corrected chi connectivity index (χ2v) is 5.74. The number of amides is 1. The summed E-state index contributed by atoms with van der Waals surface area (Å²) < 4.78 is 12.8. The lowest BCUT2D eigenvalue weighted by Gasteiger charge is -2.14. The minimum Gasteiger partial charge on any atom is -0.489 e. The first-order valence-electron chi connectivity index (χ1n) is 7.50.